The molecule has 100 valence electrons. The lowest BCUT2D eigenvalue weighted by atomic mass is 9.89. The maximum atomic E-state index is 5.55. The second-order valence-electron chi connectivity index (χ2n) is 4.70. The fourth-order valence-corrected chi connectivity index (χ4v) is 2.24. The van der Waals surface area contributed by atoms with Gasteiger partial charge in [-0.3, -0.25) is 0 Å². The van der Waals surface area contributed by atoms with E-state index in [1.54, 1.807) is 0 Å². The van der Waals surface area contributed by atoms with Gasteiger partial charge in [0.05, 0.1) is 12.7 Å². The Morgan fingerprint density at radius 2 is 1.83 bits per heavy atom. The second-order valence-corrected chi connectivity index (χ2v) is 4.70. The lowest BCUT2D eigenvalue weighted by molar-refractivity contribution is -0.0102. The van der Waals surface area contributed by atoms with Gasteiger partial charge in [-0.05, 0) is 44.4 Å². The summed E-state index contributed by atoms with van der Waals surface area (Å²) in [7, 11) is 0. The zero-order valence-electron chi connectivity index (χ0n) is 11.3. The minimum Gasteiger partial charge on any atom is -0.494 e. The summed E-state index contributed by atoms with van der Waals surface area (Å²) in [5.74, 6) is 0.946. The van der Waals surface area contributed by atoms with Gasteiger partial charge in [-0.25, -0.2) is 0 Å². The summed E-state index contributed by atoms with van der Waals surface area (Å²) in [6, 6.07) is 8.93. The molecule has 1 aromatic carbocycles. The Hall–Kier alpha value is -1.06. The standard InChI is InChI=1S/C15H23NO2/c1-3-17-14-7-5-12(6-8-14)11-16-13-9-15(10-13)18-4-2/h5-8,13,15-16H,3-4,9-11H2,1-2H3. The predicted molar refractivity (Wildman–Crippen MR) is 72.9 cm³/mol. The van der Waals surface area contributed by atoms with Crippen molar-refractivity contribution in [2.45, 2.75) is 45.4 Å². The second kappa shape index (κ2) is 6.76. The lowest BCUT2D eigenvalue weighted by Crippen LogP contribution is -2.45. The molecule has 0 heterocycles. The molecule has 0 saturated heterocycles. The van der Waals surface area contributed by atoms with E-state index >= 15 is 0 Å². The first kappa shape index (κ1) is 13.4. The molecule has 1 fully saturated rings. The Bertz CT molecular complexity index is 344. The molecule has 0 atom stereocenters. The van der Waals surface area contributed by atoms with Crippen molar-refractivity contribution in [1.82, 2.24) is 5.32 Å². The molecule has 0 amide bonds. The summed E-state index contributed by atoms with van der Waals surface area (Å²) < 4.78 is 11.0. The molecule has 1 aromatic rings. The summed E-state index contributed by atoms with van der Waals surface area (Å²) in [6.45, 7) is 6.53. The average Bonchev–Trinajstić information content (AvgIpc) is 2.34. The summed E-state index contributed by atoms with van der Waals surface area (Å²) in [5, 5.41) is 3.55. The molecule has 18 heavy (non-hydrogen) atoms. The first-order valence-electron chi connectivity index (χ1n) is 6.88. The third-order valence-electron chi connectivity index (χ3n) is 3.33. The van der Waals surface area contributed by atoms with Crippen molar-refractivity contribution in [3.63, 3.8) is 0 Å². The van der Waals surface area contributed by atoms with Crippen LogP contribution in [0.1, 0.15) is 32.3 Å². The van der Waals surface area contributed by atoms with Gasteiger partial charge < -0.3 is 14.8 Å². The van der Waals surface area contributed by atoms with Crippen LogP contribution in [0.15, 0.2) is 24.3 Å². The van der Waals surface area contributed by atoms with Crippen LogP contribution in [0.3, 0.4) is 0 Å². The highest BCUT2D eigenvalue weighted by Gasteiger charge is 2.28. The SMILES string of the molecule is CCOc1ccc(CNC2CC(OCC)C2)cc1. The molecule has 0 spiro atoms. The van der Waals surface area contributed by atoms with Crippen molar-refractivity contribution in [3.8, 4) is 5.75 Å². The first-order chi connectivity index (χ1) is 8.81. The van der Waals surface area contributed by atoms with Crippen LogP contribution < -0.4 is 10.1 Å². The van der Waals surface area contributed by atoms with E-state index in [0.29, 0.717) is 12.1 Å². The number of benzene rings is 1. The van der Waals surface area contributed by atoms with E-state index in [1.165, 1.54) is 5.56 Å². The van der Waals surface area contributed by atoms with Crippen LogP contribution in [0.5, 0.6) is 5.75 Å². The molecule has 1 aliphatic carbocycles. The Labute approximate surface area is 109 Å². The monoisotopic (exact) mass is 249 g/mol. The van der Waals surface area contributed by atoms with Gasteiger partial charge in [0.25, 0.3) is 0 Å². The quantitative estimate of drug-likeness (QED) is 0.806. The minimum atomic E-state index is 0.479. The van der Waals surface area contributed by atoms with Crippen LogP contribution in [-0.2, 0) is 11.3 Å². The maximum absolute atomic E-state index is 5.55. The highest BCUT2D eigenvalue weighted by atomic mass is 16.5. The largest absolute Gasteiger partial charge is 0.494 e. The molecule has 2 rings (SSSR count). The lowest BCUT2D eigenvalue weighted by Gasteiger charge is -2.35. The van der Waals surface area contributed by atoms with Crippen LogP contribution in [0.4, 0.5) is 0 Å². The topological polar surface area (TPSA) is 30.5 Å². The fourth-order valence-electron chi connectivity index (χ4n) is 2.24. The van der Waals surface area contributed by atoms with Crippen LogP contribution >= 0.6 is 0 Å². The number of ether oxygens (including phenoxy) is 2. The van der Waals surface area contributed by atoms with E-state index in [-0.39, 0.29) is 0 Å². The smallest absolute Gasteiger partial charge is 0.119 e. The van der Waals surface area contributed by atoms with E-state index in [0.717, 1.165) is 38.3 Å². The van der Waals surface area contributed by atoms with Gasteiger partial charge >= 0.3 is 0 Å². The number of nitrogens with one attached hydrogen (secondary N) is 1. The molecular formula is C15H23NO2. The zero-order chi connectivity index (χ0) is 12.8. The molecule has 3 heteroatoms. The van der Waals surface area contributed by atoms with Crippen LogP contribution in [0, 0.1) is 0 Å². The van der Waals surface area contributed by atoms with E-state index in [9.17, 15) is 0 Å². The van der Waals surface area contributed by atoms with E-state index in [4.69, 9.17) is 9.47 Å². The Balaban J connectivity index is 1.68. The average molecular weight is 249 g/mol. The summed E-state index contributed by atoms with van der Waals surface area (Å²) in [4.78, 5) is 0. The maximum Gasteiger partial charge on any atom is 0.119 e. The first-order valence-corrected chi connectivity index (χ1v) is 6.88. The predicted octanol–water partition coefficient (Wildman–Crippen LogP) is 2.74. The molecule has 1 N–H and O–H groups in total. The van der Waals surface area contributed by atoms with Gasteiger partial charge in [-0.2, -0.15) is 0 Å². The molecule has 1 aliphatic rings. The van der Waals surface area contributed by atoms with Crippen LogP contribution in [0.2, 0.25) is 0 Å². The third kappa shape index (κ3) is 3.72. The Morgan fingerprint density at radius 1 is 1.11 bits per heavy atom. The van der Waals surface area contributed by atoms with Crippen molar-refractivity contribution < 1.29 is 9.47 Å². The number of rotatable bonds is 7. The van der Waals surface area contributed by atoms with E-state index < -0.39 is 0 Å². The number of hydrogen-bond acceptors (Lipinski definition) is 3. The van der Waals surface area contributed by atoms with Gasteiger partial charge in [0.2, 0.25) is 0 Å². The molecule has 1 saturated carbocycles. The van der Waals surface area contributed by atoms with Crippen molar-refractivity contribution >= 4 is 0 Å². The van der Waals surface area contributed by atoms with Gasteiger partial charge in [-0.15, -0.1) is 0 Å². The molecule has 0 bridgehead atoms. The van der Waals surface area contributed by atoms with Gasteiger partial charge in [0.1, 0.15) is 5.75 Å². The van der Waals surface area contributed by atoms with Gasteiger partial charge in [-0.1, -0.05) is 12.1 Å². The number of hydrogen-bond donors (Lipinski definition) is 1. The van der Waals surface area contributed by atoms with Crippen molar-refractivity contribution in [2.75, 3.05) is 13.2 Å². The van der Waals surface area contributed by atoms with Crippen LogP contribution in [-0.4, -0.2) is 25.4 Å². The summed E-state index contributed by atoms with van der Waals surface area (Å²) >= 11 is 0. The normalized spacial score (nSPS) is 22.6. The van der Waals surface area contributed by atoms with Crippen LogP contribution in [0.25, 0.3) is 0 Å². The molecule has 0 aliphatic heterocycles. The highest BCUT2D eigenvalue weighted by Crippen LogP contribution is 2.23. The van der Waals surface area contributed by atoms with Gasteiger partial charge in [0.15, 0.2) is 0 Å². The molecule has 0 radical (unpaired) electrons. The van der Waals surface area contributed by atoms with E-state index in [1.807, 2.05) is 19.1 Å². The summed E-state index contributed by atoms with van der Waals surface area (Å²) in [6.07, 6.45) is 2.77. The third-order valence-corrected chi connectivity index (χ3v) is 3.33. The van der Waals surface area contributed by atoms with Crippen molar-refractivity contribution in [1.29, 1.82) is 0 Å². The fraction of sp³-hybridized carbons (Fsp3) is 0.600. The van der Waals surface area contributed by atoms with Crippen molar-refractivity contribution in [3.05, 3.63) is 29.8 Å². The Morgan fingerprint density at radius 3 is 2.44 bits per heavy atom. The highest BCUT2D eigenvalue weighted by molar-refractivity contribution is 5.27. The zero-order valence-corrected chi connectivity index (χ0v) is 11.3. The van der Waals surface area contributed by atoms with Gasteiger partial charge in [0, 0.05) is 19.2 Å². The van der Waals surface area contributed by atoms with Crippen molar-refractivity contribution in [2.24, 2.45) is 0 Å². The minimum absolute atomic E-state index is 0.479. The molecular weight excluding hydrogens is 226 g/mol. The van der Waals surface area contributed by atoms with E-state index in [2.05, 4.69) is 24.4 Å². The molecule has 0 aromatic heterocycles. The molecule has 3 nitrogen and oxygen atoms in total. The molecule has 0 unspecified atom stereocenters. The summed E-state index contributed by atoms with van der Waals surface area (Å²) in [5.41, 5.74) is 1.30. The Kier molecular flexibility index (Phi) is 5.02.